The highest BCUT2D eigenvalue weighted by molar-refractivity contribution is 9.10. The summed E-state index contributed by atoms with van der Waals surface area (Å²) in [7, 11) is 0. The van der Waals surface area contributed by atoms with E-state index in [0.717, 1.165) is 4.47 Å². The maximum atomic E-state index is 7.82. The number of halogens is 2. The molecule has 0 unspecified atom stereocenters. The van der Waals surface area contributed by atoms with Gasteiger partial charge in [-0.3, -0.25) is 0 Å². The SMILES string of the molecule is [2H]c1nc(Cl)c([2H])c([2H])c1-c1ccc(Br)cc1. The Morgan fingerprint density at radius 3 is 2.57 bits per heavy atom. The topological polar surface area (TPSA) is 12.9 Å². The molecule has 1 aromatic carbocycles. The average molecular weight is 272 g/mol. The Balaban J connectivity index is 2.67. The molecule has 0 amide bonds. The van der Waals surface area contributed by atoms with Crippen LogP contribution < -0.4 is 0 Å². The van der Waals surface area contributed by atoms with Crippen LogP contribution in [-0.4, -0.2) is 4.98 Å². The molecule has 2 aromatic rings. The molecule has 70 valence electrons. The van der Waals surface area contributed by atoms with Gasteiger partial charge in [-0.2, -0.15) is 0 Å². The first kappa shape index (κ1) is 6.59. The van der Waals surface area contributed by atoms with E-state index in [4.69, 9.17) is 15.7 Å². The summed E-state index contributed by atoms with van der Waals surface area (Å²) in [6, 6.07) is 6.94. The van der Waals surface area contributed by atoms with Crippen LogP contribution in [0.2, 0.25) is 5.15 Å². The second kappa shape index (κ2) is 4.11. The largest absolute Gasteiger partial charge is 0.244 e. The van der Waals surface area contributed by atoms with Crippen molar-refractivity contribution in [2.45, 2.75) is 0 Å². The Morgan fingerprint density at radius 1 is 1.14 bits per heavy atom. The average Bonchev–Trinajstić information content (AvgIpc) is 2.29. The van der Waals surface area contributed by atoms with Gasteiger partial charge in [-0.15, -0.1) is 0 Å². The van der Waals surface area contributed by atoms with E-state index in [-0.39, 0.29) is 23.4 Å². The molecule has 0 atom stereocenters. The lowest BCUT2D eigenvalue weighted by molar-refractivity contribution is 1.33. The Labute approximate surface area is 100 Å². The molecular formula is C11H7BrClN. The van der Waals surface area contributed by atoms with Gasteiger partial charge in [0.1, 0.15) is 5.15 Å². The van der Waals surface area contributed by atoms with Crippen molar-refractivity contribution in [3.8, 4) is 11.1 Å². The Bertz CT molecular complexity index is 572. The summed E-state index contributed by atoms with van der Waals surface area (Å²) >= 11 is 8.97. The summed E-state index contributed by atoms with van der Waals surface area (Å²) in [6.07, 6.45) is -0.0849. The van der Waals surface area contributed by atoms with Crippen molar-refractivity contribution >= 4 is 27.5 Å². The van der Waals surface area contributed by atoms with Gasteiger partial charge in [-0.25, -0.2) is 4.98 Å². The molecule has 0 bridgehead atoms. The van der Waals surface area contributed by atoms with Gasteiger partial charge in [0, 0.05) is 16.2 Å². The molecule has 0 aliphatic carbocycles. The first-order valence-electron chi connectivity index (χ1n) is 5.40. The minimum atomic E-state index is -0.152. The van der Waals surface area contributed by atoms with Gasteiger partial charge >= 0.3 is 0 Å². The quantitative estimate of drug-likeness (QED) is 0.710. The summed E-state index contributed by atoms with van der Waals surface area (Å²) in [4.78, 5) is 3.75. The lowest BCUT2D eigenvalue weighted by Crippen LogP contribution is -1.79. The van der Waals surface area contributed by atoms with Crippen LogP contribution >= 0.6 is 27.5 Å². The van der Waals surface area contributed by atoms with E-state index >= 15 is 0 Å². The summed E-state index contributed by atoms with van der Waals surface area (Å²) < 4.78 is 24.1. The molecule has 0 N–H and O–H groups in total. The molecule has 0 aliphatic rings. The summed E-state index contributed by atoms with van der Waals surface area (Å²) in [6.45, 7) is 0. The molecule has 0 spiro atoms. The predicted molar refractivity (Wildman–Crippen MR) is 62.4 cm³/mol. The monoisotopic (exact) mass is 270 g/mol. The molecule has 0 radical (unpaired) electrons. The first-order valence-corrected chi connectivity index (χ1v) is 5.07. The van der Waals surface area contributed by atoms with E-state index in [1.807, 2.05) is 12.1 Å². The number of aromatic nitrogens is 1. The van der Waals surface area contributed by atoms with Crippen molar-refractivity contribution in [2.24, 2.45) is 0 Å². The number of hydrogen-bond acceptors (Lipinski definition) is 1. The van der Waals surface area contributed by atoms with Crippen molar-refractivity contribution in [2.75, 3.05) is 0 Å². The van der Waals surface area contributed by atoms with Crippen molar-refractivity contribution in [3.63, 3.8) is 0 Å². The normalized spacial score (nSPS) is 13.1. The van der Waals surface area contributed by atoms with Gasteiger partial charge in [-0.05, 0) is 29.8 Å². The molecule has 0 aliphatic heterocycles. The fraction of sp³-hybridized carbons (Fsp3) is 0. The third-order valence-electron chi connectivity index (χ3n) is 1.69. The molecule has 3 heteroatoms. The summed E-state index contributed by atoms with van der Waals surface area (Å²) in [5.74, 6) is 0. The fourth-order valence-corrected chi connectivity index (χ4v) is 1.38. The van der Waals surface area contributed by atoms with Crippen LogP contribution in [-0.2, 0) is 0 Å². The molecule has 1 aromatic heterocycles. The zero-order chi connectivity index (χ0) is 12.6. The lowest BCUT2D eigenvalue weighted by Gasteiger charge is -2.00. The highest BCUT2D eigenvalue weighted by Crippen LogP contribution is 2.21. The Morgan fingerprint density at radius 2 is 1.86 bits per heavy atom. The molecule has 14 heavy (non-hydrogen) atoms. The Kier molecular flexibility index (Phi) is 1.94. The van der Waals surface area contributed by atoms with Gasteiger partial charge in [0.2, 0.25) is 0 Å². The molecule has 1 nitrogen and oxygen atoms in total. The minimum Gasteiger partial charge on any atom is -0.244 e. The lowest BCUT2D eigenvalue weighted by atomic mass is 10.1. The Hall–Kier alpha value is -0.860. The highest BCUT2D eigenvalue weighted by Gasteiger charge is 1.97. The maximum Gasteiger partial charge on any atom is 0.129 e. The zero-order valence-corrected chi connectivity index (χ0v) is 9.35. The fourth-order valence-electron chi connectivity index (χ4n) is 1.03. The third-order valence-corrected chi connectivity index (χ3v) is 2.40. The van der Waals surface area contributed by atoms with Crippen LogP contribution in [0.1, 0.15) is 4.11 Å². The number of rotatable bonds is 1. The van der Waals surface area contributed by atoms with E-state index in [9.17, 15) is 0 Å². The molecule has 0 saturated heterocycles. The third kappa shape index (κ3) is 2.14. The van der Waals surface area contributed by atoms with E-state index in [1.54, 1.807) is 12.1 Å². The van der Waals surface area contributed by atoms with Crippen LogP contribution in [0.25, 0.3) is 11.1 Å². The van der Waals surface area contributed by atoms with Crippen molar-refractivity contribution in [3.05, 3.63) is 52.1 Å². The number of benzene rings is 1. The molecular weight excluding hydrogens is 261 g/mol. The van der Waals surface area contributed by atoms with Gasteiger partial charge in [-0.1, -0.05) is 39.7 Å². The van der Waals surface area contributed by atoms with Gasteiger partial charge in [0.05, 0.1) is 4.11 Å². The van der Waals surface area contributed by atoms with Crippen LogP contribution in [0.4, 0.5) is 0 Å². The van der Waals surface area contributed by atoms with E-state index < -0.39 is 0 Å². The van der Waals surface area contributed by atoms with Crippen LogP contribution in [0.3, 0.4) is 0 Å². The van der Waals surface area contributed by atoms with Gasteiger partial charge in [0.15, 0.2) is 0 Å². The van der Waals surface area contributed by atoms with Crippen LogP contribution in [0.5, 0.6) is 0 Å². The van der Waals surface area contributed by atoms with Gasteiger partial charge in [0.25, 0.3) is 0 Å². The van der Waals surface area contributed by atoms with Crippen molar-refractivity contribution in [1.29, 1.82) is 0 Å². The number of nitrogens with zero attached hydrogens (tertiary/aromatic N) is 1. The van der Waals surface area contributed by atoms with Crippen molar-refractivity contribution in [1.82, 2.24) is 4.98 Å². The number of pyridine rings is 1. The first-order chi connectivity index (χ1) is 8.00. The van der Waals surface area contributed by atoms with Crippen molar-refractivity contribution < 1.29 is 4.11 Å². The molecule has 1 heterocycles. The second-order valence-electron chi connectivity index (χ2n) is 2.65. The number of hydrogen-bond donors (Lipinski definition) is 0. The molecule has 0 fully saturated rings. The molecule has 0 saturated carbocycles. The maximum absolute atomic E-state index is 7.82. The van der Waals surface area contributed by atoms with E-state index in [2.05, 4.69) is 20.9 Å². The highest BCUT2D eigenvalue weighted by atomic mass is 79.9. The van der Waals surface area contributed by atoms with Crippen LogP contribution in [0, 0.1) is 0 Å². The second-order valence-corrected chi connectivity index (χ2v) is 3.92. The smallest absolute Gasteiger partial charge is 0.129 e. The zero-order valence-electron chi connectivity index (χ0n) is 10.0. The summed E-state index contributed by atoms with van der Waals surface area (Å²) in [5, 5.41) is -0.110. The van der Waals surface area contributed by atoms with Gasteiger partial charge < -0.3 is 0 Å². The minimum absolute atomic E-state index is 0.0719. The predicted octanol–water partition coefficient (Wildman–Crippen LogP) is 4.16. The standard InChI is InChI=1S/C11H7BrClN/c12-10-4-1-8(2-5-10)9-3-6-11(13)14-7-9/h1-7H/i3D,6D,7D. The van der Waals surface area contributed by atoms with E-state index in [0.29, 0.717) is 11.1 Å². The van der Waals surface area contributed by atoms with Crippen LogP contribution in [0.15, 0.2) is 47.0 Å². The summed E-state index contributed by atoms with van der Waals surface area (Å²) in [5.41, 5.74) is 1.01. The molecule has 2 rings (SSSR count). The van der Waals surface area contributed by atoms with E-state index in [1.165, 1.54) is 0 Å².